The van der Waals surface area contributed by atoms with Gasteiger partial charge in [-0.25, -0.2) is 9.48 Å². The fourth-order valence-electron chi connectivity index (χ4n) is 3.49. The summed E-state index contributed by atoms with van der Waals surface area (Å²) in [4.78, 5) is 28.3. The van der Waals surface area contributed by atoms with Gasteiger partial charge in [0.1, 0.15) is 17.2 Å². The molecule has 2 aromatic carbocycles. The van der Waals surface area contributed by atoms with Crippen molar-refractivity contribution in [2.45, 2.75) is 19.6 Å². The first kappa shape index (κ1) is 26.1. The van der Waals surface area contributed by atoms with Crippen molar-refractivity contribution in [2.75, 3.05) is 12.4 Å². The molecule has 38 heavy (non-hydrogen) atoms. The van der Waals surface area contributed by atoms with Crippen molar-refractivity contribution in [3.63, 3.8) is 0 Å². The van der Waals surface area contributed by atoms with Crippen LogP contribution < -0.4 is 20.7 Å². The lowest BCUT2D eigenvalue weighted by Gasteiger charge is -2.15. The Hall–Kier alpha value is -4.94. The fraction of sp³-hybridized carbons (Fsp3) is 0.160. The lowest BCUT2D eigenvalue weighted by atomic mass is 10.1. The number of benzene rings is 2. The second-order valence-electron chi connectivity index (χ2n) is 8.04. The maximum absolute atomic E-state index is 13.2. The summed E-state index contributed by atoms with van der Waals surface area (Å²) >= 11 is 0. The minimum absolute atomic E-state index is 0.0868. The number of aromatic nitrogens is 4. The molecule has 0 atom stereocenters. The van der Waals surface area contributed by atoms with Crippen LogP contribution in [0.15, 0.2) is 67.1 Å². The largest absolute Gasteiger partial charge is 0.457 e. The van der Waals surface area contributed by atoms with Gasteiger partial charge in [-0.15, -0.1) is 5.10 Å². The lowest BCUT2D eigenvalue weighted by molar-refractivity contribution is -0.137. The molecular weight excluding hydrogens is 503 g/mol. The van der Waals surface area contributed by atoms with Gasteiger partial charge < -0.3 is 20.7 Å². The molecule has 2 aromatic heterocycles. The molecule has 0 saturated heterocycles. The van der Waals surface area contributed by atoms with E-state index in [1.165, 1.54) is 42.5 Å². The molecule has 0 bridgehead atoms. The van der Waals surface area contributed by atoms with Crippen molar-refractivity contribution in [2.24, 2.45) is 0 Å². The number of hydrogen-bond donors (Lipinski definition) is 3. The molecule has 13 heteroatoms. The number of halogens is 3. The highest BCUT2D eigenvalue weighted by Crippen LogP contribution is 2.33. The maximum atomic E-state index is 13.2. The Kier molecular flexibility index (Phi) is 7.55. The number of alkyl halides is 3. The van der Waals surface area contributed by atoms with Crippen molar-refractivity contribution in [1.82, 2.24) is 30.6 Å². The summed E-state index contributed by atoms with van der Waals surface area (Å²) in [5.74, 6) is 0.621. The van der Waals surface area contributed by atoms with Gasteiger partial charge in [-0.2, -0.15) is 13.2 Å². The molecule has 0 radical (unpaired) electrons. The van der Waals surface area contributed by atoms with Gasteiger partial charge in [-0.3, -0.25) is 9.78 Å². The highest BCUT2D eigenvalue weighted by molar-refractivity contribution is 5.92. The topological polar surface area (TPSA) is 123 Å². The van der Waals surface area contributed by atoms with Crippen LogP contribution in [-0.4, -0.2) is 39.0 Å². The van der Waals surface area contributed by atoms with E-state index in [0.29, 0.717) is 11.5 Å². The van der Waals surface area contributed by atoms with Gasteiger partial charge in [0.05, 0.1) is 29.3 Å². The third kappa shape index (κ3) is 6.24. The molecule has 2 heterocycles. The van der Waals surface area contributed by atoms with Crippen LogP contribution >= 0.6 is 0 Å². The summed E-state index contributed by atoms with van der Waals surface area (Å²) < 4.78 is 46.8. The van der Waals surface area contributed by atoms with E-state index in [0.717, 1.165) is 23.3 Å². The van der Waals surface area contributed by atoms with Crippen LogP contribution in [0, 0.1) is 6.92 Å². The number of carbonyl (C=O) groups excluding carboxylic acids is 2. The van der Waals surface area contributed by atoms with Crippen molar-refractivity contribution < 1.29 is 27.5 Å². The Bertz CT molecular complexity index is 1460. The number of anilines is 1. The van der Waals surface area contributed by atoms with Crippen molar-refractivity contribution >= 4 is 17.6 Å². The number of amides is 3. The van der Waals surface area contributed by atoms with E-state index in [9.17, 15) is 22.8 Å². The SMILES string of the molecule is CNC(=O)c1cc(Oc2ccc(CNC(=O)Nc3cc(C(F)(F)F)ccc3-n3ccnn3)cc2C)ccn1. The number of aryl methyl sites for hydroxylation is 1. The average Bonchev–Trinajstić information content (AvgIpc) is 3.43. The van der Waals surface area contributed by atoms with E-state index in [2.05, 4.69) is 31.2 Å². The van der Waals surface area contributed by atoms with E-state index in [1.807, 2.05) is 6.92 Å². The monoisotopic (exact) mass is 525 g/mol. The number of nitrogens with one attached hydrogen (secondary N) is 3. The zero-order valence-corrected chi connectivity index (χ0v) is 20.2. The molecule has 0 saturated carbocycles. The molecule has 0 fully saturated rings. The van der Waals surface area contributed by atoms with Gasteiger partial charge >= 0.3 is 12.2 Å². The number of nitrogens with zero attached hydrogens (tertiary/aromatic N) is 4. The fourth-order valence-corrected chi connectivity index (χ4v) is 3.49. The minimum Gasteiger partial charge on any atom is -0.457 e. The van der Waals surface area contributed by atoms with E-state index < -0.39 is 17.8 Å². The lowest BCUT2D eigenvalue weighted by Crippen LogP contribution is -2.29. The summed E-state index contributed by atoms with van der Waals surface area (Å²) in [5.41, 5.74) is 0.914. The summed E-state index contributed by atoms with van der Waals surface area (Å²) in [6.07, 6.45) is -0.309. The third-order valence-corrected chi connectivity index (χ3v) is 5.35. The molecule has 196 valence electrons. The molecule has 10 nitrogen and oxygen atoms in total. The first-order valence-electron chi connectivity index (χ1n) is 11.2. The van der Waals surface area contributed by atoms with Crippen LogP contribution in [0.3, 0.4) is 0 Å². The van der Waals surface area contributed by atoms with Gasteiger partial charge in [0.15, 0.2) is 0 Å². The van der Waals surface area contributed by atoms with Gasteiger partial charge in [0.2, 0.25) is 0 Å². The number of carbonyl (C=O) groups is 2. The molecule has 0 spiro atoms. The predicted octanol–water partition coefficient (Wildman–Crippen LogP) is 4.46. The summed E-state index contributed by atoms with van der Waals surface area (Å²) in [6.45, 7) is 1.91. The van der Waals surface area contributed by atoms with Crippen LogP contribution in [0.5, 0.6) is 11.5 Å². The second-order valence-corrected chi connectivity index (χ2v) is 8.04. The van der Waals surface area contributed by atoms with Crippen molar-refractivity contribution in [1.29, 1.82) is 0 Å². The highest BCUT2D eigenvalue weighted by Gasteiger charge is 2.31. The smallest absolute Gasteiger partial charge is 0.416 e. The van der Waals surface area contributed by atoms with Gasteiger partial charge in [-0.05, 0) is 48.4 Å². The van der Waals surface area contributed by atoms with E-state index in [-0.39, 0.29) is 29.5 Å². The molecular formula is C25H22F3N7O3. The zero-order valence-electron chi connectivity index (χ0n) is 20.2. The molecule has 3 amide bonds. The van der Waals surface area contributed by atoms with Crippen molar-refractivity contribution in [3.8, 4) is 17.2 Å². The van der Waals surface area contributed by atoms with Crippen LogP contribution in [0.1, 0.15) is 27.2 Å². The minimum atomic E-state index is -4.59. The average molecular weight is 525 g/mol. The normalized spacial score (nSPS) is 11.1. The number of ether oxygens (including phenoxy) is 1. The van der Waals surface area contributed by atoms with E-state index >= 15 is 0 Å². The Morgan fingerprint density at radius 2 is 1.87 bits per heavy atom. The Morgan fingerprint density at radius 1 is 1.05 bits per heavy atom. The van der Waals surface area contributed by atoms with E-state index in [1.54, 1.807) is 24.3 Å². The Labute approximate surface area is 214 Å². The van der Waals surface area contributed by atoms with Gasteiger partial charge in [0, 0.05) is 25.9 Å². The summed E-state index contributed by atoms with van der Waals surface area (Å²) in [7, 11) is 1.50. The second kappa shape index (κ2) is 11.0. The maximum Gasteiger partial charge on any atom is 0.416 e. The Morgan fingerprint density at radius 3 is 2.55 bits per heavy atom. The first-order chi connectivity index (χ1) is 18.1. The van der Waals surface area contributed by atoms with Crippen LogP contribution in [0.2, 0.25) is 0 Å². The third-order valence-electron chi connectivity index (χ3n) is 5.35. The van der Waals surface area contributed by atoms with Gasteiger partial charge in [0.25, 0.3) is 5.91 Å². The molecule has 0 aliphatic carbocycles. The summed E-state index contributed by atoms with van der Waals surface area (Å²) in [5, 5.41) is 15.0. The van der Waals surface area contributed by atoms with E-state index in [4.69, 9.17) is 4.74 Å². The molecule has 4 rings (SSSR count). The molecule has 0 aliphatic heterocycles. The predicted molar refractivity (Wildman–Crippen MR) is 131 cm³/mol. The number of hydrogen-bond acceptors (Lipinski definition) is 6. The number of urea groups is 1. The standard InChI is InChI=1S/C25H22F3N7O3/c1-15-11-16(3-6-22(15)38-18-7-8-30-20(13-18)23(36)29-2)14-31-24(37)33-19-12-17(25(26,27)28)4-5-21(19)35-10-9-32-34-35/h3-13H,14H2,1-2H3,(H,29,36)(H2,31,33,37). The van der Waals surface area contributed by atoms with Crippen LogP contribution in [0.25, 0.3) is 5.69 Å². The zero-order chi connectivity index (χ0) is 27.3. The quantitative estimate of drug-likeness (QED) is 0.327. The van der Waals surface area contributed by atoms with Gasteiger partial charge in [-0.1, -0.05) is 17.3 Å². The van der Waals surface area contributed by atoms with Crippen molar-refractivity contribution in [3.05, 3.63) is 89.5 Å². The molecule has 4 aromatic rings. The molecule has 0 unspecified atom stereocenters. The van der Waals surface area contributed by atoms with Crippen LogP contribution in [-0.2, 0) is 12.7 Å². The number of rotatable bonds is 7. The highest BCUT2D eigenvalue weighted by atomic mass is 19.4. The molecule has 3 N–H and O–H groups in total. The molecule has 0 aliphatic rings. The first-order valence-corrected chi connectivity index (χ1v) is 11.2. The number of pyridine rings is 1. The Balaban J connectivity index is 1.43. The summed E-state index contributed by atoms with van der Waals surface area (Å²) in [6, 6.07) is 10.6. The van der Waals surface area contributed by atoms with Crippen LogP contribution in [0.4, 0.5) is 23.7 Å².